The lowest BCUT2D eigenvalue weighted by molar-refractivity contribution is -0.0441. The van der Waals surface area contributed by atoms with E-state index in [4.69, 9.17) is 14.2 Å². The van der Waals surface area contributed by atoms with Crippen molar-refractivity contribution in [3.8, 4) is 11.8 Å². The molecule has 0 bridgehead atoms. The fourth-order valence-electron chi connectivity index (χ4n) is 2.48. The molecular weight excluding hydrogens is 328 g/mol. The van der Waals surface area contributed by atoms with Gasteiger partial charge in [0.2, 0.25) is 0 Å². The van der Waals surface area contributed by atoms with Crippen LogP contribution in [0.1, 0.15) is 40.3 Å². The van der Waals surface area contributed by atoms with Gasteiger partial charge in [-0.05, 0) is 48.9 Å². The van der Waals surface area contributed by atoms with Crippen LogP contribution in [0.2, 0.25) is 0 Å². The first-order valence-corrected chi connectivity index (χ1v) is 8.54. The summed E-state index contributed by atoms with van der Waals surface area (Å²) in [5, 5.41) is 0. The zero-order chi connectivity index (χ0) is 18.2. The van der Waals surface area contributed by atoms with Crippen LogP contribution in [0.3, 0.4) is 0 Å². The Labute approximate surface area is 153 Å². The number of benzene rings is 2. The summed E-state index contributed by atoms with van der Waals surface area (Å²) >= 11 is 0. The highest BCUT2D eigenvalue weighted by Crippen LogP contribution is 2.23. The van der Waals surface area contributed by atoms with E-state index in [-0.39, 0.29) is 12.3 Å². The molecular formula is C22H20O4. The predicted molar refractivity (Wildman–Crippen MR) is 99.4 cm³/mol. The monoisotopic (exact) mass is 348 g/mol. The second-order valence-corrected chi connectivity index (χ2v) is 5.64. The Morgan fingerprint density at radius 2 is 1.81 bits per heavy atom. The Bertz CT molecular complexity index is 817. The van der Waals surface area contributed by atoms with Gasteiger partial charge in [-0.15, -0.1) is 0 Å². The van der Waals surface area contributed by atoms with E-state index in [0.717, 1.165) is 16.7 Å². The molecule has 2 aromatic carbocycles. The quantitative estimate of drug-likeness (QED) is 0.619. The van der Waals surface area contributed by atoms with Crippen LogP contribution in [0, 0.1) is 11.8 Å². The van der Waals surface area contributed by atoms with E-state index in [0.29, 0.717) is 25.4 Å². The zero-order valence-electron chi connectivity index (χ0n) is 14.6. The normalized spacial score (nSPS) is 14.2. The van der Waals surface area contributed by atoms with Crippen LogP contribution in [-0.2, 0) is 14.2 Å². The maximum Gasteiger partial charge on any atom is 0.338 e. The van der Waals surface area contributed by atoms with E-state index in [9.17, 15) is 4.79 Å². The molecule has 1 saturated heterocycles. The first kappa shape index (κ1) is 17.9. The molecule has 0 spiro atoms. The van der Waals surface area contributed by atoms with Crippen LogP contribution < -0.4 is 0 Å². The van der Waals surface area contributed by atoms with E-state index in [1.807, 2.05) is 42.5 Å². The SMILES string of the molecule is CCOC(=O)c1ccc(C#C/C=C/c2ccc(C3OCCO3)cc2)cc1. The average molecular weight is 348 g/mol. The van der Waals surface area contributed by atoms with Gasteiger partial charge in [0.25, 0.3) is 0 Å². The fourth-order valence-corrected chi connectivity index (χ4v) is 2.48. The standard InChI is InChI=1S/C22H20O4/c1-2-24-21(23)19-11-7-17(8-12-19)5-3-4-6-18-9-13-20(14-10-18)22-25-15-16-26-22/h4,6-14,22H,2,15-16H2,1H3/b6-4+. The van der Waals surface area contributed by atoms with Gasteiger partial charge >= 0.3 is 5.97 Å². The minimum Gasteiger partial charge on any atom is -0.462 e. The van der Waals surface area contributed by atoms with E-state index >= 15 is 0 Å². The molecule has 0 aliphatic carbocycles. The maximum atomic E-state index is 11.6. The van der Waals surface area contributed by atoms with Crippen molar-refractivity contribution in [3.63, 3.8) is 0 Å². The van der Waals surface area contributed by atoms with E-state index in [2.05, 4.69) is 11.8 Å². The Kier molecular flexibility index (Phi) is 6.21. The number of ether oxygens (including phenoxy) is 3. The predicted octanol–water partition coefficient (Wildman–Crippen LogP) is 3.97. The van der Waals surface area contributed by atoms with Crippen LogP contribution in [0.4, 0.5) is 0 Å². The molecule has 0 unspecified atom stereocenters. The molecule has 2 aromatic rings. The van der Waals surface area contributed by atoms with E-state index in [1.54, 1.807) is 25.1 Å². The first-order chi connectivity index (χ1) is 12.8. The molecule has 4 nitrogen and oxygen atoms in total. The molecule has 0 atom stereocenters. The Hall–Kier alpha value is -2.87. The van der Waals surface area contributed by atoms with Gasteiger partial charge in [-0.1, -0.05) is 36.1 Å². The summed E-state index contributed by atoms with van der Waals surface area (Å²) in [6.45, 7) is 3.44. The lowest BCUT2D eigenvalue weighted by Gasteiger charge is -2.08. The van der Waals surface area contributed by atoms with E-state index in [1.165, 1.54) is 0 Å². The average Bonchev–Trinajstić information content (AvgIpc) is 3.21. The second-order valence-electron chi connectivity index (χ2n) is 5.64. The molecule has 0 aromatic heterocycles. The molecule has 0 N–H and O–H groups in total. The highest BCUT2D eigenvalue weighted by atomic mass is 16.7. The summed E-state index contributed by atoms with van der Waals surface area (Å²) < 4.78 is 15.9. The molecule has 3 rings (SSSR count). The largest absolute Gasteiger partial charge is 0.462 e. The lowest BCUT2D eigenvalue weighted by atomic mass is 10.1. The number of carbonyl (C=O) groups excluding carboxylic acids is 1. The van der Waals surface area contributed by atoms with Gasteiger partial charge in [0.1, 0.15) is 0 Å². The Morgan fingerprint density at radius 1 is 1.12 bits per heavy atom. The number of rotatable bonds is 4. The summed E-state index contributed by atoms with van der Waals surface area (Å²) in [6.07, 6.45) is 3.50. The van der Waals surface area contributed by atoms with Crippen LogP contribution in [0.15, 0.2) is 54.6 Å². The van der Waals surface area contributed by atoms with Crippen molar-refractivity contribution in [3.05, 3.63) is 76.9 Å². The lowest BCUT2D eigenvalue weighted by Crippen LogP contribution is -2.03. The van der Waals surface area contributed by atoms with E-state index < -0.39 is 0 Å². The number of esters is 1. The van der Waals surface area contributed by atoms with Crippen molar-refractivity contribution < 1.29 is 19.0 Å². The Balaban J connectivity index is 1.57. The van der Waals surface area contributed by atoms with Crippen LogP contribution in [0.5, 0.6) is 0 Å². The highest BCUT2D eigenvalue weighted by molar-refractivity contribution is 5.89. The smallest absolute Gasteiger partial charge is 0.338 e. The first-order valence-electron chi connectivity index (χ1n) is 8.54. The molecule has 1 fully saturated rings. The summed E-state index contributed by atoms with van der Waals surface area (Å²) in [5.41, 5.74) is 3.45. The maximum absolute atomic E-state index is 11.6. The summed E-state index contributed by atoms with van der Waals surface area (Å²) in [4.78, 5) is 11.6. The summed E-state index contributed by atoms with van der Waals surface area (Å²) in [6, 6.07) is 15.1. The van der Waals surface area contributed by atoms with Crippen molar-refractivity contribution in [1.82, 2.24) is 0 Å². The van der Waals surface area contributed by atoms with Gasteiger partial charge < -0.3 is 14.2 Å². The van der Waals surface area contributed by atoms with Crippen LogP contribution in [-0.4, -0.2) is 25.8 Å². The van der Waals surface area contributed by atoms with Gasteiger partial charge in [0, 0.05) is 11.1 Å². The molecule has 26 heavy (non-hydrogen) atoms. The van der Waals surface area contributed by atoms with Gasteiger partial charge in [-0.3, -0.25) is 0 Å². The van der Waals surface area contributed by atoms with Gasteiger partial charge in [-0.25, -0.2) is 4.79 Å². The summed E-state index contributed by atoms with van der Waals surface area (Å²) in [7, 11) is 0. The molecule has 0 amide bonds. The van der Waals surface area contributed by atoms with Gasteiger partial charge in [0.15, 0.2) is 6.29 Å². The fraction of sp³-hybridized carbons (Fsp3) is 0.227. The topological polar surface area (TPSA) is 44.8 Å². The van der Waals surface area contributed by atoms with Crippen molar-refractivity contribution in [2.24, 2.45) is 0 Å². The molecule has 0 radical (unpaired) electrons. The number of hydrogen-bond donors (Lipinski definition) is 0. The van der Waals surface area contributed by atoms with Crippen LogP contribution in [0.25, 0.3) is 6.08 Å². The highest BCUT2D eigenvalue weighted by Gasteiger charge is 2.17. The third-order valence-electron chi connectivity index (χ3n) is 3.80. The minimum absolute atomic E-state index is 0.245. The van der Waals surface area contributed by atoms with Crippen molar-refractivity contribution in [2.45, 2.75) is 13.2 Å². The Morgan fingerprint density at radius 3 is 2.46 bits per heavy atom. The molecule has 0 saturated carbocycles. The minimum atomic E-state index is -0.316. The molecule has 1 aliphatic rings. The molecule has 132 valence electrons. The molecule has 1 aliphatic heterocycles. The number of allylic oxidation sites excluding steroid dienone is 1. The van der Waals surface area contributed by atoms with Gasteiger partial charge in [-0.2, -0.15) is 0 Å². The summed E-state index contributed by atoms with van der Waals surface area (Å²) in [5.74, 6) is 5.72. The number of carbonyl (C=O) groups is 1. The van der Waals surface area contributed by atoms with Crippen molar-refractivity contribution in [1.29, 1.82) is 0 Å². The zero-order valence-corrected chi connectivity index (χ0v) is 14.6. The third kappa shape index (κ3) is 4.82. The van der Waals surface area contributed by atoms with Crippen molar-refractivity contribution >= 4 is 12.0 Å². The third-order valence-corrected chi connectivity index (χ3v) is 3.80. The molecule has 1 heterocycles. The molecule has 4 heteroatoms. The number of hydrogen-bond acceptors (Lipinski definition) is 4. The van der Waals surface area contributed by atoms with Crippen molar-refractivity contribution in [2.75, 3.05) is 19.8 Å². The second kappa shape index (κ2) is 9.00. The van der Waals surface area contributed by atoms with Gasteiger partial charge in [0.05, 0.1) is 25.4 Å². The van der Waals surface area contributed by atoms with Crippen LogP contribution >= 0.6 is 0 Å².